The topological polar surface area (TPSA) is 62.3 Å². The Balaban J connectivity index is 1.29. The van der Waals surface area contributed by atoms with Gasteiger partial charge in [0.15, 0.2) is 0 Å². The molecule has 0 spiro atoms. The first-order valence-electron chi connectivity index (χ1n) is 10.9. The molecule has 0 aliphatic carbocycles. The third-order valence-corrected chi connectivity index (χ3v) is 5.98. The van der Waals surface area contributed by atoms with Gasteiger partial charge in [0.25, 0.3) is 11.8 Å². The first kappa shape index (κ1) is 22.2. The average molecular weight is 442 g/mol. The van der Waals surface area contributed by atoms with Crippen LogP contribution < -0.4 is 4.74 Å². The van der Waals surface area contributed by atoms with Crippen LogP contribution in [0.4, 0.5) is 4.39 Å². The van der Waals surface area contributed by atoms with Crippen molar-refractivity contribution in [1.82, 2.24) is 14.7 Å². The van der Waals surface area contributed by atoms with E-state index in [4.69, 9.17) is 9.47 Å². The summed E-state index contributed by atoms with van der Waals surface area (Å²) in [6.07, 6.45) is -0.0929. The molecule has 0 N–H and O–H groups in total. The summed E-state index contributed by atoms with van der Waals surface area (Å²) >= 11 is 0. The fraction of sp³-hybridized carbons (Fsp3) is 0.417. The Kier molecular flexibility index (Phi) is 7.02. The molecule has 2 saturated heterocycles. The van der Waals surface area contributed by atoms with Crippen LogP contribution in [0.1, 0.15) is 20.7 Å². The van der Waals surface area contributed by atoms with E-state index in [1.165, 1.54) is 24.3 Å². The van der Waals surface area contributed by atoms with E-state index < -0.39 is 0 Å². The molecule has 8 heteroatoms. The zero-order valence-corrected chi connectivity index (χ0v) is 18.2. The predicted molar refractivity (Wildman–Crippen MR) is 117 cm³/mol. The second kappa shape index (κ2) is 10.1. The van der Waals surface area contributed by atoms with Gasteiger partial charge in [-0.05, 0) is 36.4 Å². The minimum Gasteiger partial charge on any atom is -0.496 e. The minimum atomic E-state index is -0.357. The smallest absolute Gasteiger partial charge is 0.257 e. The average Bonchev–Trinajstić information content (AvgIpc) is 2.84. The van der Waals surface area contributed by atoms with Gasteiger partial charge < -0.3 is 19.3 Å². The van der Waals surface area contributed by atoms with Crippen molar-refractivity contribution in [3.05, 3.63) is 65.5 Å². The number of hydrogen-bond acceptors (Lipinski definition) is 5. The Morgan fingerprint density at radius 3 is 2.41 bits per heavy atom. The van der Waals surface area contributed by atoms with Gasteiger partial charge in [0.2, 0.25) is 0 Å². The molecule has 0 bridgehead atoms. The number of ether oxygens (including phenoxy) is 2. The number of amides is 2. The summed E-state index contributed by atoms with van der Waals surface area (Å²) in [4.78, 5) is 31.5. The summed E-state index contributed by atoms with van der Waals surface area (Å²) in [5.74, 6) is 0.101. The van der Waals surface area contributed by atoms with Crippen molar-refractivity contribution in [1.29, 1.82) is 0 Å². The summed E-state index contributed by atoms with van der Waals surface area (Å²) in [5, 5.41) is 0. The highest BCUT2D eigenvalue weighted by molar-refractivity contribution is 5.97. The molecule has 4 rings (SSSR count). The highest BCUT2D eigenvalue weighted by atomic mass is 19.1. The van der Waals surface area contributed by atoms with Gasteiger partial charge in [-0.3, -0.25) is 14.5 Å². The SMILES string of the molecule is COc1ccccc1C(=O)N1CCN(CC2CN(C(=O)c3ccc(F)cc3)CCO2)CC1. The van der Waals surface area contributed by atoms with Gasteiger partial charge in [-0.1, -0.05) is 12.1 Å². The van der Waals surface area contributed by atoms with Crippen LogP contribution in [0.5, 0.6) is 5.75 Å². The minimum absolute atomic E-state index is 0.0212. The summed E-state index contributed by atoms with van der Waals surface area (Å²) in [6, 6.07) is 12.9. The summed E-state index contributed by atoms with van der Waals surface area (Å²) < 4.78 is 24.4. The quantitative estimate of drug-likeness (QED) is 0.712. The van der Waals surface area contributed by atoms with Crippen molar-refractivity contribution >= 4 is 11.8 Å². The Bertz CT molecular complexity index is 945. The normalized spacial score (nSPS) is 19.6. The van der Waals surface area contributed by atoms with E-state index in [1.807, 2.05) is 17.0 Å². The monoisotopic (exact) mass is 441 g/mol. The van der Waals surface area contributed by atoms with Gasteiger partial charge in [-0.2, -0.15) is 0 Å². The fourth-order valence-corrected chi connectivity index (χ4v) is 4.20. The Morgan fingerprint density at radius 1 is 0.969 bits per heavy atom. The number of para-hydroxylation sites is 1. The van der Waals surface area contributed by atoms with Crippen LogP contribution in [-0.2, 0) is 4.74 Å². The van der Waals surface area contributed by atoms with Crippen LogP contribution in [0, 0.1) is 5.82 Å². The maximum atomic E-state index is 13.1. The zero-order chi connectivity index (χ0) is 22.5. The number of morpholine rings is 1. The van der Waals surface area contributed by atoms with Crippen molar-refractivity contribution in [2.24, 2.45) is 0 Å². The Morgan fingerprint density at radius 2 is 1.69 bits per heavy atom. The van der Waals surface area contributed by atoms with E-state index >= 15 is 0 Å². The molecular weight excluding hydrogens is 413 g/mol. The van der Waals surface area contributed by atoms with Crippen LogP contribution in [-0.4, -0.2) is 92.1 Å². The molecule has 0 aromatic heterocycles. The van der Waals surface area contributed by atoms with Crippen LogP contribution in [0.2, 0.25) is 0 Å². The molecule has 2 aliphatic heterocycles. The highest BCUT2D eigenvalue weighted by Crippen LogP contribution is 2.20. The third-order valence-electron chi connectivity index (χ3n) is 5.98. The molecule has 2 aromatic rings. The van der Waals surface area contributed by atoms with Gasteiger partial charge in [0.1, 0.15) is 11.6 Å². The van der Waals surface area contributed by atoms with Gasteiger partial charge in [-0.25, -0.2) is 4.39 Å². The molecule has 2 heterocycles. The molecule has 170 valence electrons. The molecule has 7 nitrogen and oxygen atoms in total. The number of hydrogen-bond donors (Lipinski definition) is 0. The zero-order valence-electron chi connectivity index (χ0n) is 18.2. The molecule has 1 unspecified atom stereocenters. The maximum absolute atomic E-state index is 13.1. The number of rotatable bonds is 5. The number of benzene rings is 2. The Hall–Kier alpha value is -2.97. The van der Waals surface area contributed by atoms with Gasteiger partial charge in [0, 0.05) is 51.4 Å². The number of methoxy groups -OCH3 is 1. The summed E-state index contributed by atoms with van der Waals surface area (Å²) in [6.45, 7) is 4.93. The van der Waals surface area contributed by atoms with E-state index in [0.29, 0.717) is 56.2 Å². The fourth-order valence-electron chi connectivity index (χ4n) is 4.20. The Labute approximate surface area is 187 Å². The molecule has 2 fully saturated rings. The van der Waals surface area contributed by atoms with Gasteiger partial charge in [0.05, 0.1) is 25.4 Å². The van der Waals surface area contributed by atoms with E-state index in [1.54, 1.807) is 24.1 Å². The lowest BCUT2D eigenvalue weighted by molar-refractivity contribution is -0.0400. The predicted octanol–water partition coefficient (Wildman–Crippen LogP) is 2.13. The number of carbonyl (C=O) groups is 2. The molecule has 2 aromatic carbocycles. The second-order valence-corrected chi connectivity index (χ2v) is 8.04. The van der Waals surface area contributed by atoms with Gasteiger partial charge in [-0.15, -0.1) is 0 Å². The third kappa shape index (κ3) is 5.08. The molecule has 2 amide bonds. The van der Waals surface area contributed by atoms with Crippen molar-refractivity contribution < 1.29 is 23.5 Å². The molecule has 0 saturated carbocycles. The molecule has 0 radical (unpaired) electrons. The van der Waals surface area contributed by atoms with E-state index in [-0.39, 0.29) is 23.7 Å². The summed E-state index contributed by atoms with van der Waals surface area (Å²) in [5.41, 5.74) is 1.06. The lowest BCUT2D eigenvalue weighted by Gasteiger charge is -2.39. The molecule has 32 heavy (non-hydrogen) atoms. The molecular formula is C24H28FN3O4. The van der Waals surface area contributed by atoms with Crippen molar-refractivity contribution in [2.75, 3.05) is 59.5 Å². The lowest BCUT2D eigenvalue weighted by Crippen LogP contribution is -2.54. The largest absolute Gasteiger partial charge is 0.496 e. The van der Waals surface area contributed by atoms with Gasteiger partial charge >= 0.3 is 0 Å². The van der Waals surface area contributed by atoms with Crippen molar-refractivity contribution in [3.63, 3.8) is 0 Å². The number of nitrogens with zero attached hydrogens (tertiary/aromatic N) is 3. The van der Waals surface area contributed by atoms with Crippen molar-refractivity contribution in [2.45, 2.75) is 6.10 Å². The second-order valence-electron chi connectivity index (χ2n) is 8.04. The van der Waals surface area contributed by atoms with Crippen LogP contribution in [0.25, 0.3) is 0 Å². The standard InChI is InChI=1S/C24H28FN3O4/c1-31-22-5-3-2-4-21(22)24(30)27-12-10-26(11-13-27)16-20-17-28(14-15-32-20)23(29)18-6-8-19(25)9-7-18/h2-9,20H,10-17H2,1H3. The van der Waals surface area contributed by atoms with E-state index in [2.05, 4.69) is 4.90 Å². The highest BCUT2D eigenvalue weighted by Gasteiger charge is 2.29. The van der Waals surface area contributed by atoms with E-state index in [9.17, 15) is 14.0 Å². The lowest BCUT2D eigenvalue weighted by atomic mass is 10.1. The molecule has 2 aliphatic rings. The summed E-state index contributed by atoms with van der Waals surface area (Å²) in [7, 11) is 1.57. The first-order chi connectivity index (χ1) is 15.5. The van der Waals surface area contributed by atoms with Crippen molar-refractivity contribution in [3.8, 4) is 5.75 Å². The van der Waals surface area contributed by atoms with Crippen LogP contribution in [0.3, 0.4) is 0 Å². The molecule has 1 atom stereocenters. The van der Waals surface area contributed by atoms with Crippen LogP contribution in [0.15, 0.2) is 48.5 Å². The number of halogens is 1. The number of carbonyl (C=O) groups excluding carboxylic acids is 2. The van der Waals surface area contributed by atoms with E-state index in [0.717, 1.165) is 13.1 Å². The first-order valence-corrected chi connectivity index (χ1v) is 10.9. The van der Waals surface area contributed by atoms with Crippen LogP contribution >= 0.6 is 0 Å². The maximum Gasteiger partial charge on any atom is 0.257 e. The number of piperazine rings is 1.